The Morgan fingerprint density at radius 1 is 0.936 bits per heavy atom. The molecule has 0 saturated carbocycles. The van der Waals surface area contributed by atoms with Crippen molar-refractivity contribution in [3.8, 4) is 11.5 Å². The molecule has 2 aromatic heterocycles. The van der Waals surface area contributed by atoms with E-state index in [9.17, 15) is 9.59 Å². The molecule has 0 unspecified atom stereocenters. The number of methoxy groups -OCH3 is 2. The van der Waals surface area contributed by atoms with E-state index in [-0.39, 0.29) is 30.2 Å². The molecule has 47 heavy (non-hydrogen) atoms. The lowest BCUT2D eigenvalue weighted by Crippen LogP contribution is -2.28. The maximum atomic E-state index is 13.8. The van der Waals surface area contributed by atoms with Gasteiger partial charge in [-0.3, -0.25) is 9.59 Å². The number of nitrogens with one attached hydrogen (secondary N) is 1. The summed E-state index contributed by atoms with van der Waals surface area (Å²) in [6.07, 6.45) is 1.35. The van der Waals surface area contributed by atoms with E-state index in [0.29, 0.717) is 35.3 Å². The van der Waals surface area contributed by atoms with Crippen molar-refractivity contribution < 1.29 is 19.1 Å². The number of ether oxygens (including phenoxy) is 2. The number of thiophene rings is 1. The molecule has 6 rings (SSSR count). The Morgan fingerprint density at radius 2 is 1.72 bits per heavy atom. The summed E-state index contributed by atoms with van der Waals surface area (Å²) in [7, 11) is 3.17. The third kappa shape index (κ3) is 7.55. The minimum atomic E-state index is -0.276. The number of nitrogens with zero attached hydrogens (tertiary/aromatic N) is 5. The minimum absolute atomic E-state index is 0.116. The molecule has 1 aliphatic heterocycles. The van der Waals surface area contributed by atoms with Crippen molar-refractivity contribution in [3.05, 3.63) is 124 Å². The smallest absolute Gasteiger partial charge is 0.255 e. The van der Waals surface area contributed by atoms with Gasteiger partial charge in [0.15, 0.2) is 11.0 Å². The number of aryl methyl sites for hydroxylation is 1. The van der Waals surface area contributed by atoms with Gasteiger partial charge in [0.05, 0.1) is 48.7 Å². The van der Waals surface area contributed by atoms with Gasteiger partial charge < -0.3 is 19.4 Å². The largest absolute Gasteiger partial charge is 0.497 e. The predicted molar refractivity (Wildman–Crippen MR) is 183 cm³/mol. The van der Waals surface area contributed by atoms with Crippen LogP contribution >= 0.6 is 23.1 Å². The summed E-state index contributed by atoms with van der Waals surface area (Å²) in [6.45, 7) is 0.736. The number of hydrazone groups is 1. The summed E-state index contributed by atoms with van der Waals surface area (Å²) < 4.78 is 12.7. The molecule has 0 aliphatic carbocycles. The van der Waals surface area contributed by atoms with E-state index in [0.717, 1.165) is 33.9 Å². The first-order valence-electron chi connectivity index (χ1n) is 15.1. The lowest BCUT2D eigenvalue weighted by molar-refractivity contribution is -0.130. The van der Waals surface area contributed by atoms with Crippen molar-refractivity contribution in [1.29, 1.82) is 0 Å². The van der Waals surface area contributed by atoms with Crippen LogP contribution in [0.3, 0.4) is 0 Å². The standard InChI is InChI=1S/C35H34N6O4S2/c1-44-26-16-14-25(15-17-26)29-21-28(31-13-8-20-46-31)39-41(29)33(42)23-47-35-38-37-32(40(35)19-18-24-9-4-3-5-10-24)22-36-34(43)27-11-6-7-12-30(27)45-2/h3-17,20,29H,18-19,21-23H2,1-2H3,(H,36,43)/t29-/m1/s1. The summed E-state index contributed by atoms with van der Waals surface area (Å²) in [5.41, 5.74) is 3.47. The number of carbonyl (C=O) groups excluding carboxylic acids is 2. The zero-order valence-electron chi connectivity index (χ0n) is 26.0. The van der Waals surface area contributed by atoms with Crippen molar-refractivity contribution in [2.24, 2.45) is 5.10 Å². The number of hydrogen-bond donors (Lipinski definition) is 1. The van der Waals surface area contributed by atoms with Crippen molar-refractivity contribution >= 4 is 40.6 Å². The molecule has 5 aromatic rings. The Bertz CT molecular complexity index is 1840. The molecular formula is C35H34N6O4S2. The zero-order valence-corrected chi connectivity index (χ0v) is 27.7. The minimum Gasteiger partial charge on any atom is -0.497 e. The number of aromatic nitrogens is 3. The van der Waals surface area contributed by atoms with Gasteiger partial charge in [-0.25, -0.2) is 5.01 Å². The van der Waals surface area contributed by atoms with Crippen LogP contribution in [0.1, 0.15) is 44.6 Å². The van der Waals surface area contributed by atoms with Crippen molar-refractivity contribution in [3.63, 3.8) is 0 Å². The molecule has 0 bridgehead atoms. The second-order valence-corrected chi connectivity index (χ2v) is 12.6. The maximum Gasteiger partial charge on any atom is 0.255 e. The van der Waals surface area contributed by atoms with Gasteiger partial charge in [0.1, 0.15) is 11.5 Å². The Hall–Kier alpha value is -4.94. The van der Waals surface area contributed by atoms with Crippen molar-refractivity contribution in [1.82, 2.24) is 25.1 Å². The first-order valence-corrected chi connectivity index (χ1v) is 17.0. The monoisotopic (exact) mass is 666 g/mol. The van der Waals surface area contributed by atoms with Crippen LogP contribution < -0.4 is 14.8 Å². The average Bonchev–Trinajstić information content (AvgIpc) is 3.90. The Balaban J connectivity index is 1.20. The third-order valence-electron chi connectivity index (χ3n) is 7.82. The first-order chi connectivity index (χ1) is 23.0. The number of carbonyl (C=O) groups is 2. The topological polar surface area (TPSA) is 111 Å². The first kappa shape index (κ1) is 32.0. The van der Waals surface area contributed by atoms with Crippen LogP contribution in [0.15, 0.2) is 107 Å². The fourth-order valence-electron chi connectivity index (χ4n) is 5.36. The highest BCUT2D eigenvalue weighted by Gasteiger charge is 2.33. The molecule has 0 radical (unpaired) electrons. The van der Waals surface area contributed by atoms with Crippen molar-refractivity contribution in [2.45, 2.75) is 37.1 Å². The van der Waals surface area contributed by atoms with Gasteiger partial charge in [0.25, 0.3) is 11.8 Å². The summed E-state index contributed by atoms with van der Waals surface area (Å²) >= 11 is 2.93. The van der Waals surface area contributed by atoms with Crippen LogP contribution in [0.5, 0.6) is 11.5 Å². The van der Waals surface area contributed by atoms with E-state index in [2.05, 4.69) is 27.6 Å². The second-order valence-electron chi connectivity index (χ2n) is 10.7. The van der Waals surface area contributed by atoms with Gasteiger partial charge >= 0.3 is 0 Å². The molecule has 0 fully saturated rings. The molecule has 3 heterocycles. The number of benzene rings is 3. The van der Waals surface area contributed by atoms with Crippen LogP contribution in [-0.4, -0.2) is 57.3 Å². The predicted octanol–water partition coefficient (Wildman–Crippen LogP) is 6.00. The highest BCUT2D eigenvalue weighted by Crippen LogP contribution is 2.35. The summed E-state index contributed by atoms with van der Waals surface area (Å²) in [4.78, 5) is 27.9. The number of thioether (sulfide) groups is 1. The summed E-state index contributed by atoms with van der Waals surface area (Å²) in [5, 5.41) is 20.8. The fraction of sp³-hybridized carbons (Fsp3) is 0.229. The van der Waals surface area contributed by atoms with Gasteiger partial charge in [-0.05, 0) is 53.3 Å². The lowest BCUT2D eigenvalue weighted by atomic mass is 10.0. The van der Waals surface area contributed by atoms with Gasteiger partial charge in [0, 0.05) is 13.0 Å². The molecule has 240 valence electrons. The Labute approximate surface area is 281 Å². The van der Waals surface area contributed by atoms with Gasteiger partial charge in [0.2, 0.25) is 0 Å². The number of amides is 2. The van der Waals surface area contributed by atoms with Gasteiger partial charge in [-0.15, -0.1) is 21.5 Å². The van der Waals surface area contributed by atoms with E-state index < -0.39 is 0 Å². The van der Waals surface area contributed by atoms with Gasteiger partial charge in [-0.2, -0.15) is 5.10 Å². The third-order valence-corrected chi connectivity index (χ3v) is 9.69. The summed E-state index contributed by atoms with van der Waals surface area (Å²) in [5.74, 6) is 1.54. The SMILES string of the molecule is COc1ccc([C@H]2CC(c3cccs3)=NN2C(=O)CSc2nnc(CNC(=O)c3ccccc3OC)n2CCc2ccccc2)cc1. The molecule has 2 amide bonds. The van der Waals surface area contributed by atoms with Crippen LogP contribution in [-0.2, 0) is 24.3 Å². The number of hydrogen-bond acceptors (Lipinski definition) is 9. The molecule has 10 nitrogen and oxygen atoms in total. The normalized spacial score (nSPS) is 14.1. The molecular weight excluding hydrogens is 633 g/mol. The Morgan fingerprint density at radius 3 is 2.47 bits per heavy atom. The molecule has 0 saturated heterocycles. The van der Waals surface area contributed by atoms with Crippen molar-refractivity contribution in [2.75, 3.05) is 20.0 Å². The highest BCUT2D eigenvalue weighted by molar-refractivity contribution is 7.99. The molecule has 1 aliphatic rings. The highest BCUT2D eigenvalue weighted by atomic mass is 32.2. The van der Waals surface area contributed by atoms with Crippen LogP contribution in [0, 0.1) is 0 Å². The molecule has 1 N–H and O–H groups in total. The quantitative estimate of drug-likeness (QED) is 0.154. The van der Waals surface area contributed by atoms with Crippen LogP contribution in [0.25, 0.3) is 0 Å². The summed E-state index contributed by atoms with van der Waals surface area (Å²) in [6, 6.07) is 28.7. The number of para-hydroxylation sites is 1. The molecule has 0 spiro atoms. The van der Waals surface area contributed by atoms with E-state index in [1.807, 2.05) is 70.6 Å². The Kier molecular flexibility index (Phi) is 10.3. The fourth-order valence-corrected chi connectivity index (χ4v) is 6.92. The zero-order chi connectivity index (χ0) is 32.6. The molecule has 3 aromatic carbocycles. The average molecular weight is 667 g/mol. The van der Waals surface area contributed by atoms with E-state index in [1.165, 1.54) is 18.9 Å². The second kappa shape index (κ2) is 15.1. The lowest BCUT2D eigenvalue weighted by Gasteiger charge is -2.22. The molecule has 1 atom stereocenters. The van der Waals surface area contributed by atoms with Crippen LogP contribution in [0.4, 0.5) is 0 Å². The maximum absolute atomic E-state index is 13.8. The van der Waals surface area contributed by atoms with Crippen LogP contribution in [0.2, 0.25) is 0 Å². The van der Waals surface area contributed by atoms with E-state index in [1.54, 1.807) is 41.7 Å². The number of rotatable bonds is 13. The van der Waals surface area contributed by atoms with E-state index >= 15 is 0 Å². The van der Waals surface area contributed by atoms with Gasteiger partial charge in [-0.1, -0.05) is 72.4 Å². The van der Waals surface area contributed by atoms with E-state index in [4.69, 9.17) is 14.6 Å². The molecule has 12 heteroatoms.